The van der Waals surface area contributed by atoms with E-state index in [-0.39, 0.29) is 36.0 Å². The van der Waals surface area contributed by atoms with Crippen LogP contribution < -0.4 is 5.32 Å². The first-order chi connectivity index (χ1) is 11.1. The molecule has 2 unspecified atom stereocenters. The maximum absolute atomic E-state index is 12.8. The highest BCUT2D eigenvalue weighted by Gasteiger charge is 2.39. The van der Waals surface area contributed by atoms with Crippen LogP contribution in [0.4, 0.5) is 0 Å². The van der Waals surface area contributed by atoms with E-state index in [1.54, 1.807) is 0 Å². The third-order valence-corrected chi connectivity index (χ3v) is 4.61. The van der Waals surface area contributed by atoms with Crippen LogP contribution in [0.25, 0.3) is 0 Å². The quantitative estimate of drug-likeness (QED) is 0.903. The van der Waals surface area contributed by atoms with E-state index in [0.717, 1.165) is 18.7 Å². The molecule has 3 rings (SSSR count). The molecule has 5 nitrogen and oxygen atoms in total. The number of benzene rings is 1. The lowest BCUT2D eigenvalue weighted by Gasteiger charge is -2.46. The maximum atomic E-state index is 12.8. The smallest absolute Gasteiger partial charge is 0.224 e. The highest BCUT2D eigenvalue weighted by molar-refractivity contribution is 5.85. The van der Waals surface area contributed by atoms with E-state index < -0.39 is 0 Å². The van der Waals surface area contributed by atoms with Gasteiger partial charge in [0.15, 0.2) is 0 Å². The minimum atomic E-state index is -0.280. The summed E-state index contributed by atoms with van der Waals surface area (Å²) in [5, 5.41) is 3.36. The van der Waals surface area contributed by atoms with Gasteiger partial charge in [-0.1, -0.05) is 30.3 Å². The van der Waals surface area contributed by atoms with Gasteiger partial charge in [0.25, 0.3) is 0 Å². The number of nitrogens with one attached hydrogen (secondary N) is 1. The van der Waals surface area contributed by atoms with Gasteiger partial charge in [-0.25, -0.2) is 0 Å². The van der Waals surface area contributed by atoms with Crippen LogP contribution in [0.3, 0.4) is 0 Å². The Morgan fingerprint density at radius 1 is 1.33 bits per heavy atom. The van der Waals surface area contributed by atoms with Crippen molar-refractivity contribution in [1.29, 1.82) is 0 Å². The molecule has 134 valence electrons. The van der Waals surface area contributed by atoms with Crippen molar-refractivity contribution in [1.82, 2.24) is 10.2 Å². The molecule has 1 N–H and O–H groups in total. The number of carbonyl (C=O) groups is 1. The lowest BCUT2D eigenvalue weighted by molar-refractivity contribution is -0.156. The number of amides is 1. The van der Waals surface area contributed by atoms with Gasteiger partial charge in [-0.3, -0.25) is 4.79 Å². The van der Waals surface area contributed by atoms with Crippen LogP contribution in [0.1, 0.15) is 31.9 Å². The van der Waals surface area contributed by atoms with Crippen molar-refractivity contribution in [3.63, 3.8) is 0 Å². The first kappa shape index (κ1) is 19.2. The maximum Gasteiger partial charge on any atom is 0.224 e. The van der Waals surface area contributed by atoms with E-state index in [0.29, 0.717) is 26.2 Å². The molecule has 2 aliphatic heterocycles. The van der Waals surface area contributed by atoms with Gasteiger partial charge in [-0.15, -0.1) is 12.4 Å². The van der Waals surface area contributed by atoms with Crippen molar-refractivity contribution in [2.24, 2.45) is 0 Å². The zero-order valence-electron chi connectivity index (χ0n) is 14.4. The molecule has 1 aromatic rings. The summed E-state index contributed by atoms with van der Waals surface area (Å²) in [5.41, 5.74) is 0.845. The molecular weight excluding hydrogens is 328 g/mol. The Labute approximate surface area is 150 Å². The van der Waals surface area contributed by atoms with Crippen molar-refractivity contribution < 1.29 is 14.3 Å². The van der Waals surface area contributed by atoms with Crippen LogP contribution in [-0.2, 0) is 14.3 Å². The number of hydrogen-bond donors (Lipinski definition) is 1. The lowest BCUT2D eigenvalue weighted by atomic mass is 9.97. The van der Waals surface area contributed by atoms with Crippen LogP contribution in [0.5, 0.6) is 0 Å². The second-order valence-electron chi connectivity index (χ2n) is 6.96. The SMILES string of the molecule is CC1(C)COC(c2ccccc2)CN1C(=O)CC1COCCN1.Cl. The Balaban J connectivity index is 0.00000208. The van der Waals surface area contributed by atoms with Crippen LogP contribution >= 0.6 is 12.4 Å². The van der Waals surface area contributed by atoms with Gasteiger partial charge in [0, 0.05) is 19.0 Å². The van der Waals surface area contributed by atoms with E-state index in [1.165, 1.54) is 0 Å². The van der Waals surface area contributed by atoms with E-state index in [2.05, 4.69) is 31.3 Å². The number of morpholine rings is 2. The van der Waals surface area contributed by atoms with Gasteiger partial charge in [-0.05, 0) is 19.4 Å². The topological polar surface area (TPSA) is 50.8 Å². The first-order valence-electron chi connectivity index (χ1n) is 8.34. The molecule has 0 spiro atoms. The van der Waals surface area contributed by atoms with Gasteiger partial charge < -0.3 is 19.7 Å². The highest BCUT2D eigenvalue weighted by Crippen LogP contribution is 2.30. The van der Waals surface area contributed by atoms with Crippen molar-refractivity contribution in [3.8, 4) is 0 Å². The normalized spacial score (nSPS) is 26.5. The first-order valence-corrected chi connectivity index (χ1v) is 8.34. The molecule has 1 aromatic carbocycles. The summed E-state index contributed by atoms with van der Waals surface area (Å²) < 4.78 is 11.5. The van der Waals surface area contributed by atoms with Gasteiger partial charge in [-0.2, -0.15) is 0 Å². The minimum absolute atomic E-state index is 0. The van der Waals surface area contributed by atoms with Gasteiger partial charge in [0.2, 0.25) is 5.91 Å². The molecule has 24 heavy (non-hydrogen) atoms. The number of halogens is 1. The molecule has 1 amide bonds. The standard InChI is InChI=1S/C18H26N2O3.ClH/c1-18(2)13-23-16(14-6-4-3-5-7-14)11-20(18)17(21)10-15-12-22-9-8-19-15;/h3-7,15-16,19H,8-13H2,1-2H3;1H. The Hall–Kier alpha value is -1.14. The van der Waals surface area contributed by atoms with Crippen LogP contribution in [-0.4, -0.2) is 55.3 Å². The van der Waals surface area contributed by atoms with Crippen molar-refractivity contribution >= 4 is 18.3 Å². The largest absolute Gasteiger partial charge is 0.378 e. The fourth-order valence-corrected chi connectivity index (χ4v) is 3.23. The van der Waals surface area contributed by atoms with Gasteiger partial charge in [0.05, 0.1) is 31.9 Å². The molecule has 2 fully saturated rings. The van der Waals surface area contributed by atoms with Gasteiger partial charge >= 0.3 is 0 Å². The lowest BCUT2D eigenvalue weighted by Crippen LogP contribution is -2.57. The zero-order valence-corrected chi connectivity index (χ0v) is 15.2. The van der Waals surface area contributed by atoms with E-state index >= 15 is 0 Å². The Morgan fingerprint density at radius 2 is 2.08 bits per heavy atom. The summed E-state index contributed by atoms with van der Waals surface area (Å²) in [6, 6.07) is 10.2. The fourth-order valence-electron chi connectivity index (χ4n) is 3.23. The van der Waals surface area contributed by atoms with Gasteiger partial charge in [0.1, 0.15) is 6.10 Å². The van der Waals surface area contributed by atoms with Crippen LogP contribution in [0, 0.1) is 0 Å². The van der Waals surface area contributed by atoms with E-state index in [1.807, 2.05) is 23.1 Å². The molecule has 2 saturated heterocycles. The molecule has 6 heteroatoms. The van der Waals surface area contributed by atoms with Crippen molar-refractivity contribution in [2.45, 2.75) is 38.0 Å². The van der Waals surface area contributed by atoms with E-state index in [9.17, 15) is 4.79 Å². The summed E-state index contributed by atoms with van der Waals surface area (Å²) in [7, 11) is 0. The average Bonchev–Trinajstić information content (AvgIpc) is 2.56. The predicted octanol–water partition coefficient (Wildman–Crippen LogP) is 2.17. The molecule has 0 aliphatic carbocycles. The number of rotatable bonds is 3. The fraction of sp³-hybridized carbons (Fsp3) is 0.611. The second kappa shape index (κ2) is 8.30. The molecule has 0 radical (unpaired) electrons. The third-order valence-electron chi connectivity index (χ3n) is 4.61. The number of carbonyl (C=O) groups excluding carboxylic acids is 1. The Bertz CT molecular complexity index is 532. The van der Waals surface area contributed by atoms with Crippen LogP contribution in [0.2, 0.25) is 0 Å². The monoisotopic (exact) mass is 354 g/mol. The third kappa shape index (κ3) is 4.48. The summed E-state index contributed by atoms with van der Waals surface area (Å²) in [6.07, 6.45) is 0.425. The second-order valence-corrected chi connectivity index (χ2v) is 6.96. The highest BCUT2D eigenvalue weighted by atomic mass is 35.5. The summed E-state index contributed by atoms with van der Waals surface area (Å²) >= 11 is 0. The molecule has 0 aromatic heterocycles. The molecule has 0 saturated carbocycles. The zero-order chi connectivity index (χ0) is 16.3. The molecular formula is C18H27ClN2O3. The molecule has 0 bridgehead atoms. The predicted molar refractivity (Wildman–Crippen MR) is 95.4 cm³/mol. The van der Waals surface area contributed by atoms with Crippen molar-refractivity contribution in [2.75, 3.05) is 32.9 Å². The number of nitrogens with zero attached hydrogens (tertiary/aromatic N) is 1. The summed E-state index contributed by atoms with van der Waals surface area (Å²) in [6.45, 7) is 7.43. The molecule has 2 aliphatic rings. The number of hydrogen-bond acceptors (Lipinski definition) is 4. The summed E-state index contributed by atoms with van der Waals surface area (Å²) in [5.74, 6) is 0.169. The Kier molecular flexibility index (Phi) is 6.63. The molecule has 2 atom stereocenters. The average molecular weight is 355 g/mol. The van der Waals surface area contributed by atoms with Crippen LogP contribution in [0.15, 0.2) is 30.3 Å². The minimum Gasteiger partial charge on any atom is -0.378 e. The molecule has 2 heterocycles. The number of ether oxygens (including phenoxy) is 2. The van der Waals surface area contributed by atoms with E-state index in [4.69, 9.17) is 9.47 Å². The van der Waals surface area contributed by atoms with Crippen molar-refractivity contribution in [3.05, 3.63) is 35.9 Å². The Morgan fingerprint density at radius 3 is 2.75 bits per heavy atom. The summed E-state index contributed by atoms with van der Waals surface area (Å²) in [4.78, 5) is 14.8.